The van der Waals surface area contributed by atoms with Gasteiger partial charge in [-0.2, -0.15) is 0 Å². The highest BCUT2D eigenvalue weighted by Gasteiger charge is 2.20. The number of esters is 1. The topological polar surface area (TPSA) is 95.9 Å². The molecule has 6 heteroatoms. The van der Waals surface area contributed by atoms with Gasteiger partial charge in [0, 0.05) is 12.8 Å². The standard InChI is InChI=1S/C77H151NO5/c1-3-5-7-9-11-13-15-16-17-18-38-42-45-48-51-55-59-63-67-71-77(82)83-72-68-64-60-56-52-49-46-43-40-37-35-33-31-29-27-25-23-21-19-20-22-24-26-28-30-32-34-36-39-41-44-47-50-54-58-62-66-70-76(81)78-74(73-79)75(80)69-65-61-57-53-14-12-10-8-6-4-2/h16-17,74-75,79-80H,3-15,18-73H2,1-2H3,(H,78,81)/b17-16-. The number of carbonyl (C=O) groups is 2. The molecule has 0 aliphatic heterocycles. The molecule has 3 N–H and O–H groups in total. The van der Waals surface area contributed by atoms with E-state index in [-0.39, 0.29) is 18.5 Å². The van der Waals surface area contributed by atoms with Crippen LogP contribution >= 0.6 is 0 Å². The molecule has 0 rings (SSSR count). The number of amides is 1. The summed E-state index contributed by atoms with van der Waals surface area (Å²) in [5.74, 6) is -0.00437. The van der Waals surface area contributed by atoms with E-state index < -0.39 is 12.1 Å². The lowest BCUT2D eigenvalue weighted by Crippen LogP contribution is -2.45. The number of hydrogen-bond donors (Lipinski definition) is 3. The summed E-state index contributed by atoms with van der Waals surface area (Å²) >= 11 is 0. The number of rotatable bonds is 73. The van der Waals surface area contributed by atoms with Crippen LogP contribution in [0.4, 0.5) is 0 Å². The van der Waals surface area contributed by atoms with Crippen LogP contribution in [-0.2, 0) is 14.3 Å². The van der Waals surface area contributed by atoms with Gasteiger partial charge in [0.15, 0.2) is 0 Å². The molecule has 0 aromatic carbocycles. The first kappa shape index (κ1) is 81.6. The van der Waals surface area contributed by atoms with Crippen molar-refractivity contribution in [3.63, 3.8) is 0 Å². The van der Waals surface area contributed by atoms with Crippen molar-refractivity contribution in [3.8, 4) is 0 Å². The van der Waals surface area contributed by atoms with Crippen LogP contribution in [0.1, 0.15) is 444 Å². The summed E-state index contributed by atoms with van der Waals surface area (Å²) in [6.45, 7) is 4.98. The summed E-state index contributed by atoms with van der Waals surface area (Å²) in [5.41, 5.74) is 0. The largest absolute Gasteiger partial charge is 0.466 e. The molecule has 2 atom stereocenters. The Balaban J connectivity index is 3.26. The van der Waals surface area contributed by atoms with Gasteiger partial charge < -0.3 is 20.3 Å². The molecule has 0 bridgehead atoms. The van der Waals surface area contributed by atoms with Gasteiger partial charge in [-0.25, -0.2) is 0 Å². The summed E-state index contributed by atoms with van der Waals surface area (Å²) in [6.07, 6.45) is 91.8. The van der Waals surface area contributed by atoms with Gasteiger partial charge in [-0.3, -0.25) is 9.59 Å². The molecule has 6 nitrogen and oxygen atoms in total. The highest BCUT2D eigenvalue weighted by molar-refractivity contribution is 5.76. The fourth-order valence-corrected chi connectivity index (χ4v) is 12.5. The molecular weight excluding hydrogens is 1020 g/mol. The lowest BCUT2D eigenvalue weighted by atomic mass is 10.0. The Hall–Kier alpha value is -1.40. The van der Waals surface area contributed by atoms with E-state index in [1.807, 2.05) is 0 Å². The molecule has 0 saturated carbocycles. The Morgan fingerprint density at radius 1 is 0.325 bits per heavy atom. The second-order valence-corrected chi connectivity index (χ2v) is 26.7. The van der Waals surface area contributed by atoms with Gasteiger partial charge in [0.1, 0.15) is 0 Å². The number of carbonyl (C=O) groups excluding carboxylic acids is 2. The zero-order valence-electron chi connectivity index (χ0n) is 56.7. The first-order chi connectivity index (χ1) is 41.0. The predicted molar refractivity (Wildman–Crippen MR) is 366 cm³/mol. The van der Waals surface area contributed by atoms with E-state index in [0.717, 1.165) is 38.5 Å². The Bertz CT molecular complexity index is 1260. The fraction of sp³-hybridized carbons (Fsp3) is 0.948. The minimum atomic E-state index is -0.657. The normalized spacial score (nSPS) is 12.5. The average molecular weight is 1170 g/mol. The third-order valence-corrected chi connectivity index (χ3v) is 18.3. The molecule has 0 aromatic rings. The second-order valence-electron chi connectivity index (χ2n) is 26.7. The van der Waals surface area contributed by atoms with Crippen LogP contribution in [0.25, 0.3) is 0 Å². The lowest BCUT2D eigenvalue weighted by Gasteiger charge is -2.22. The van der Waals surface area contributed by atoms with Crippen LogP contribution in [0.15, 0.2) is 12.2 Å². The van der Waals surface area contributed by atoms with Gasteiger partial charge in [-0.05, 0) is 51.4 Å². The molecule has 1 amide bonds. The first-order valence-corrected chi connectivity index (χ1v) is 38.4. The number of unbranched alkanes of at least 4 members (excludes halogenated alkanes) is 60. The van der Waals surface area contributed by atoms with Crippen molar-refractivity contribution in [1.82, 2.24) is 5.32 Å². The fourth-order valence-electron chi connectivity index (χ4n) is 12.5. The molecule has 2 unspecified atom stereocenters. The molecule has 0 fully saturated rings. The van der Waals surface area contributed by atoms with Gasteiger partial charge in [0.05, 0.1) is 25.4 Å². The number of aliphatic hydroxyl groups excluding tert-OH is 2. The van der Waals surface area contributed by atoms with E-state index >= 15 is 0 Å². The Morgan fingerprint density at radius 2 is 0.566 bits per heavy atom. The summed E-state index contributed by atoms with van der Waals surface area (Å²) in [6, 6.07) is -0.534. The summed E-state index contributed by atoms with van der Waals surface area (Å²) in [7, 11) is 0. The molecule has 0 aliphatic rings. The monoisotopic (exact) mass is 1170 g/mol. The Kier molecular flexibility index (Phi) is 71.8. The lowest BCUT2D eigenvalue weighted by molar-refractivity contribution is -0.143. The van der Waals surface area contributed by atoms with E-state index in [1.165, 1.54) is 372 Å². The summed E-state index contributed by atoms with van der Waals surface area (Å²) in [5, 5.41) is 23.2. The molecule has 0 aliphatic carbocycles. The van der Waals surface area contributed by atoms with Crippen molar-refractivity contribution >= 4 is 11.9 Å². The van der Waals surface area contributed by atoms with Gasteiger partial charge in [0.2, 0.25) is 5.91 Å². The van der Waals surface area contributed by atoms with Gasteiger partial charge in [0.25, 0.3) is 0 Å². The maximum atomic E-state index is 12.5. The van der Waals surface area contributed by atoms with Crippen molar-refractivity contribution in [1.29, 1.82) is 0 Å². The molecule has 83 heavy (non-hydrogen) atoms. The van der Waals surface area contributed by atoms with Crippen LogP contribution in [0.2, 0.25) is 0 Å². The van der Waals surface area contributed by atoms with Crippen LogP contribution in [0.5, 0.6) is 0 Å². The number of ether oxygens (including phenoxy) is 1. The molecule has 0 saturated heterocycles. The van der Waals surface area contributed by atoms with Crippen LogP contribution in [-0.4, -0.2) is 47.4 Å². The third kappa shape index (κ3) is 69.6. The minimum Gasteiger partial charge on any atom is -0.466 e. The smallest absolute Gasteiger partial charge is 0.305 e. The number of allylic oxidation sites excluding steroid dienone is 2. The average Bonchev–Trinajstić information content (AvgIpc) is 3.50. The highest BCUT2D eigenvalue weighted by atomic mass is 16.5. The zero-order chi connectivity index (χ0) is 59.9. The number of nitrogens with one attached hydrogen (secondary N) is 1. The quantitative estimate of drug-likeness (QED) is 0.0320. The van der Waals surface area contributed by atoms with E-state index in [1.54, 1.807) is 0 Å². The maximum Gasteiger partial charge on any atom is 0.305 e. The van der Waals surface area contributed by atoms with E-state index in [2.05, 4.69) is 31.3 Å². The van der Waals surface area contributed by atoms with Gasteiger partial charge in [-0.15, -0.1) is 0 Å². The predicted octanol–water partition coefficient (Wildman–Crippen LogP) is 25.1. The van der Waals surface area contributed by atoms with Crippen molar-refractivity contribution in [2.45, 2.75) is 456 Å². The van der Waals surface area contributed by atoms with Crippen molar-refractivity contribution in [2.75, 3.05) is 13.2 Å². The van der Waals surface area contributed by atoms with Gasteiger partial charge >= 0.3 is 5.97 Å². The first-order valence-electron chi connectivity index (χ1n) is 38.4. The Morgan fingerprint density at radius 3 is 0.855 bits per heavy atom. The van der Waals surface area contributed by atoms with Crippen LogP contribution in [0, 0.1) is 0 Å². The zero-order valence-corrected chi connectivity index (χ0v) is 56.7. The van der Waals surface area contributed by atoms with Gasteiger partial charge in [-0.1, -0.05) is 392 Å². The van der Waals surface area contributed by atoms with Crippen LogP contribution in [0.3, 0.4) is 0 Å². The molecule has 494 valence electrons. The second kappa shape index (κ2) is 73.1. The van der Waals surface area contributed by atoms with E-state index in [9.17, 15) is 19.8 Å². The summed E-state index contributed by atoms with van der Waals surface area (Å²) < 4.78 is 5.52. The van der Waals surface area contributed by atoms with Crippen molar-refractivity contribution < 1.29 is 24.5 Å². The van der Waals surface area contributed by atoms with E-state index in [0.29, 0.717) is 25.9 Å². The Labute approximate surface area is 520 Å². The molecule has 0 heterocycles. The van der Waals surface area contributed by atoms with Crippen molar-refractivity contribution in [2.24, 2.45) is 0 Å². The molecule has 0 aromatic heterocycles. The number of aliphatic hydroxyl groups is 2. The maximum absolute atomic E-state index is 12.5. The van der Waals surface area contributed by atoms with Crippen molar-refractivity contribution in [3.05, 3.63) is 12.2 Å². The highest BCUT2D eigenvalue weighted by Crippen LogP contribution is 2.20. The van der Waals surface area contributed by atoms with Crippen LogP contribution < -0.4 is 5.32 Å². The summed E-state index contributed by atoms with van der Waals surface area (Å²) in [4.78, 5) is 24.6. The third-order valence-electron chi connectivity index (χ3n) is 18.3. The SMILES string of the molecule is CCCCCCCC/C=C\CCCCCCCCCCCC(=O)OCCCCCCCCCCCCCCCCCCCCCCCCCCCCCCCCCCCCCCCC(=O)NC(CO)C(O)CCCCCCCCCCCC. The molecule has 0 spiro atoms. The number of hydrogen-bond acceptors (Lipinski definition) is 5. The molecule has 0 radical (unpaired) electrons. The minimum absolute atomic E-state index is 0.0239. The molecular formula is C77H151NO5. The van der Waals surface area contributed by atoms with E-state index in [4.69, 9.17) is 4.74 Å².